The van der Waals surface area contributed by atoms with Crippen LogP contribution in [-0.2, 0) is 16.1 Å². The lowest BCUT2D eigenvalue weighted by molar-refractivity contribution is -0.140. The average molecular weight is 473 g/mol. The number of carbonyl (C=O) groups excluding carboxylic acids is 1. The van der Waals surface area contributed by atoms with Crippen molar-refractivity contribution in [1.29, 1.82) is 0 Å². The molecule has 0 aliphatic rings. The first-order valence-electron chi connectivity index (χ1n) is 9.78. The third kappa shape index (κ3) is 9.49. The second kappa shape index (κ2) is 11.4. The molecule has 1 aromatic rings. The summed E-state index contributed by atoms with van der Waals surface area (Å²) in [6.07, 6.45) is 0.537. The Hall–Kier alpha value is -1.80. The predicted octanol–water partition coefficient (Wildman–Crippen LogP) is 3.73. The van der Waals surface area contributed by atoms with Gasteiger partial charge < -0.3 is 25.2 Å². The first-order valence-corrected chi connectivity index (χ1v) is 10.6. The lowest BCUT2D eigenvalue weighted by Crippen LogP contribution is -2.43. The zero-order chi connectivity index (χ0) is 22.2. The van der Waals surface area contributed by atoms with Gasteiger partial charge >= 0.3 is 5.97 Å². The zero-order valence-corrected chi connectivity index (χ0v) is 19.7. The maximum Gasteiger partial charge on any atom is 0.320 e. The smallest absolute Gasteiger partial charge is 0.320 e. The van der Waals surface area contributed by atoms with Crippen LogP contribution in [0.15, 0.2) is 16.6 Å². The normalized spacial score (nSPS) is 12.6. The molecular weight excluding hydrogens is 440 g/mol. The maximum absolute atomic E-state index is 12.0. The van der Waals surface area contributed by atoms with Gasteiger partial charge in [0, 0.05) is 16.6 Å². The van der Waals surface area contributed by atoms with Crippen molar-refractivity contribution >= 4 is 27.8 Å². The molecule has 1 unspecified atom stereocenters. The lowest BCUT2D eigenvalue weighted by atomic mass is 10.0. The molecule has 29 heavy (non-hydrogen) atoms. The van der Waals surface area contributed by atoms with Crippen LogP contribution >= 0.6 is 15.9 Å². The molecule has 1 rings (SSSR count). The summed E-state index contributed by atoms with van der Waals surface area (Å²) in [5.74, 6) is 0.126. The Morgan fingerprint density at radius 2 is 1.79 bits per heavy atom. The maximum atomic E-state index is 12.0. The highest BCUT2D eigenvalue weighted by molar-refractivity contribution is 9.10. The number of hydrogen-bond donors (Lipinski definition) is 3. The number of amides is 1. The first-order chi connectivity index (χ1) is 13.4. The van der Waals surface area contributed by atoms with E-state index in [1.807, 2.05) is 41.5 Å². The van der Waals surface area contributed by atoms with E-state index >= 15 is 0 Å². The molecule has 0 saturated heterocycles. The molecule has 1 aromatic carbocycles. The Balaban J connectivity index is 2.91. The van der Waals surface area contributed by atoms with Gasteiger partial charge in [0.2, 0.25) is 0 Å². The van der Waals surface area contributed by atoms with Crippen molar-refractivity contribution in [3.63, 3.8) is 0 Å². The number of ether oxygens (including phenoxy) is 2. The quantitative estimate of drug-likeness (QED) is 0.453. The summed E-state index contributed by atoms with van der Waals surface area (Å²) in [5, 5.41) is 15.3. The van der Waals surface area contributed by atoms with Gasteiger partial charge in [-0.3, -0.25) is 9.59 Å². The Labute approximate surface area is 181 Å². The van der Waals surface area contributed by atoms with E-state index in [4.69, 9.17) is 9.47 Å². The number of carboxylic acids is 1. The minimum atomic E-state index is -0.871. The number of hydrogen-bond acceptors (Lipinski definition) is 5. The highest BCUT2D eigenvalue weighted by atomic mass is 79.9. The van der Waals surface area contributed by atoms with Gasteiger partial charge in [-0.05, 0) is 57.7 Å². The standard InChI is InChI=1S/C21H33BrN2O5/c1-7-28-17-9-14(11-23-16(20(26)27)8-13(2)3)15(22)10-18(17)29-12-19(25)24-21(4,5)6/h9-10,13,16,23H,7-8,11-12H2,1-6H3,(H,24,25)(H,26,27). The third-order valence-corrected chi connectivity index (χ3v) is 4.57. The SMILES string of the molecule is CCOc1cc(CNC(CC(C)C)C(=O)O)c(Br)cc1OCC(=O)NC(C)(C)C. The van der Waals surface area contributed by atoms with E-state index < -0.39 is 12.0 Å². The first kappa shape index (κ1) is 25.2. The Morgan fingerprint density at radius 1 is 1.17 bits per heavy atom. The van der Waals surface area contributed by atoms with Gasteiger partial charge in [-0.15, -0.1) is 0 Å². The fourth-order valence-corrected chi connectivity index (χ4v) is 3.13. The van der Waals surface area contributed by atoms with Crippen LogP contribution < -0.4 is 20.1 Å². The number of carbonyl (C=O) groups is 2. The molecule has 0 fully saturated rings. The molecule has 0 aliphatic heterocycles. The molecule has 0 radical (unpaired) electrons. The van der Waals surface area contributed by atoms with Gasteiger partial charge in [-0.1, -0.05) is 29.8 Å². The number of aliphatic carboxylic acids is 1. The summed E-state index contributed by atoms with van der Waals surface area (Å²) < 4.78 is 12.1. The summed E-state index contributed by atoms with van der Waals surface area (Å²) in [6, 6.07) is 2.91. The summed E-state index contributed by atoms with van der Waals surface area (Å²) in [6.45, 7) is 12.2. The molecule has 1 amide bonds. The van der Waals surface area contributed by atoms with Crippen LogP contribution in [0.25, 0.3) is 0 Å². The summed E-state index contributed by atoms with van der Waals surface area (Å²) in [4.78, 5) is 23.5. The van der Waals surface area contributed by atoms with E-state index in [0.717, 1.165) is 10.0 Å². The Kier molecular flexibility index (Phi) is 9.92. The fraction of sp³-hybridized carbons (Fsp3) is 0.619. The van der Waals surface area contributed by atoms with Crippen LogP contribution in [0.1, 0.15) is 53.5 Å². The van der Waals surface area contributed by atoms with Crippen molar-refractivity contribution in [3.05, 3.63) is 22.2 Å². The molecule has 7 nitrogen and oxygen atoms in total. The van der Waals surface area contributed by atoms with Crippen LogP contribution in [0, 0.1) is 5.92 Å². The van der Waals surface area contributed by atoms with Crippen molar-refractivity contribution in [2.75, 3.05) is 13.2 Å². The van der Waals surface area contributed by atoms with Crippen molar-refractivity contribution in [3.8, 4) is 11.5 Å². The second-order valence-corrected chi connectivity index (χ2v) is 9.17. The highest BCUT2D eigenvalue weighted by Crippen LogP contribution is 2.34. The largest absolute Gasteiger partial charge is 0.490 e. The molecule has 164 valence electrons. The molecule has 0 aromatic heterocycles. The van der Waals surface area contributed by atoms with E-state index in [-0.39, 0.29) is 24.0 Å². The van der Waals surface area contributed by atoms with Crippen LogP contribution in [-0.4, -0.2) is 41.8 Å². The van der Waals surface area contributed by atoms with Crippen LogP contribution in [0.5, 0.6) is 11.5 Å². The molecule has 3 N–H and O–H groups in total. The van der Waals surface area contributed by atoms with Crippen LogP contribution in [0.4, 0.5) is 0 Å². The van der Waals surface area contributed by atoms with E-state index in [9.17, 15) is 14.7 Å². The van der Waals surface area contributed by atoms with E-state index in [1.54, 1.807) is 12.1 Å². The average Bonchev–Trinajstić information content (AvgIpc) is 2.57. The summed E-state index contributed by atoms with van der Waals surface area (Å²) in [7, 11) is 0. The highest BCUT2D eigenvalue weighted by Gasteiger charge is 2.20. The van der Waals surface area contributed by atoms with Gasteiger partial charge in [-0.25, -0.2) is 0 Å². The summed E-state index contributed by atoms with van der Waals surface area (Å²) >= 11 is 3.50. The van der Waals surface area contributed by atoms with Gasteiger partial charge in [0.1, 0.15) is 6.04 Å². The number of nitrogens with one attached hydrogen (secondary N) is 2. The van der Waals surface area contributed by atoms with Gasteiger partial charge in [0.15, 0.2) is 18.1 Å². The predicted molar refractivity (Wildman–Crippen MR) is 116 cm³/mol. The van der Waals surface area contributed by atoms with Crippen molar-refractivity contribution in [2.24, 2.45) is 5.92 Å². The molecule has 0 spiro atoms. The molecule has 0 aliphatic carbocycles. The summed E-state index contributed by atoms with van der Waals surface area (Å²) in [5.41, 5.74) is 0.505. The molecule has 0 heterocycles. The zero-order valence-electron chi connectivity index (χ0n) is 18.1. The molecule has 1 atom stereocenters. The van der Waals surface area contributed by atoms with Crippen LogP contribution in [0.3, 0.4) is 0 Å². The van der Waals surface area contributed by atoms with Gasteiger partial charge in [0.05, 0.1) is 6.61 Å². The van der Waals surface area contributed by atoms with Crippen LogP contribution in [0.2, 0.25) is 0 Å². The number of rotatable bonds is 11. The van der Waals surface area contributed by atoms with Crippen molar-refractivity contribution < 1.29 is 24.2 Å². The molecule has 8 heteroatoms. The van der Waals surface area contributed by atoms with Crippen molar-refractivity contribution in [2.45, 2.75) is 66.1 Å². The van der Waals surface area contributed by atoms with Crippen molar-refractivity contribution in [1.82, 2.24) is 10.6 Å². The fourth-order valence-electron chi connectivity index (χ4n) is 2.67. The minimum absolute atomic E-state index is 0.128. The second-order valence-electron chi connectivity index (χ2n) is 8.31. The molecule has 0 saturated carbocycles. The van der Waals surface area contributed by atoms with E-state index in [0.29, 0.717) is 31.1 Å². The number of carboxylic acid groups (broad SMARTS) is 1. The molecular formula is C21H33BrN2O5. The van der Waals surface area contributed by atoms with Gasteiger partial charge in [0.25, 0.3) is 5.91 Å². The van der Waals surface area contributed by atoms with E-state index in [1.165, 1.54) is 0 Å². The Bertz CT molecular complexity index is 701. The topological polar surface area (TPSA) is 96.9 Å². The number of halogens is 1. The monoisotopic (exact) mass is 472 g/mol. The van der Waals surface area contributed by atoms with Gasteiger partial charge in [-0.2, -0.15) is 0 Å². The molecule has 0 bridgehead atoms. The number of benzene rings is 1. The minimum Gasteiger partial charge on any atom is -0.490 e. The Morgan fingerprint density at radius 3 is 2.31 bits per heavy atom. The third-order valence-electron chi connectivity index (χ3n) is 3.83. The lowest BCUT2D eigenvalue weighted by Gasteiger charge is -2.21. The van der Waals surface area contributed by atoms with E-state index in [2.05, 4.69) is 26.6 Å².